The van der Waals surface area contributed by atoms with E-state index in [2.05, 4.69) is 10.9 Å². The Kier molecular flexibility index (Phi) is 7.54. The van der Waals surface area contributed by atoms with Crippen LogP contribution in [0.15, 0.2) is 30.3 Å². The second kappa shape index (κ2) is 9.15. The third kappa shape index (κ3) is 8.21. The van der Waals surface area contributed by atoms with Crippen LogP contribution in [0.1, 0.15) is 39.7 Å². The molecule has 0 heterocycles. The fraction of sp³-hybridized carbons (Fsp3) is 0.529. The van der Waals surface area contributed by atoms with Crippen molar-refractivity contribution in [2.45, 2.75) is 52.2 Å². The number of aryl methyl sites for hydroxylation is 1. The molecule has 0 spiro atoms. The Bertz CT molecular complexity index is 497. The van der Waals surface area contributed by atoms with Crippen LogP contribution in [0, 0.1) is 0 Å². The van der Waals surface area contributed by atoms with Gasteiger partial charge in [-0.2, -0.15) is 0 Å². The number of hydrogen-bond acceptors (Lipinski definition) is 5. The van der Waals surface area contributed by atoms with Crippen LogP contribution < -0.4 is 10.9 Å². The van der Waals surface area contributed by atoms with Gasteiger partial charge in [0.25, 0.3) is 0 Å². The lowest BCUT2D eigenvalue weighted by Crippen LogP contribution is -2.50. The van der Waals surface area contributed by atoms with Crippen LogP contribution >= 0.6 is 0 Å². The van der Waals surface area contributed by atoms with E-state index in [1.165, 1.54) is 0 Å². The summed E-state index contributed by atoms with van der Waals surface area (Å²) < 4.78 is 10.2. The summed E-state index contributed by atoms with van der Waals surface area (Å²) in [6.07, 6.45) is 0.554. The van der Waals surface area contributed by atoms with E-state index in [9.17, 15) is 9.59 Å². The van der Waals surface area contributed by atoms with Gasteiger partial charge < -0.3 is 9.47 Å². The third-order valence-corrected chi connectivity index (χ3v) is 2.88. The number of hydrazine groups is 1. The van der Waals surface area contributed by atoms with Gasteiger partial charge in [-0.3, -0.25) is 10.2 Å². The molecule has 23 heavy (non-hydrogen) atoms. The first kappa shape index (κ1) is 19.0. The van der Waals surface area contributed by atoms with Crippen molar-refractivity contribution in [3.05, 3.63) is 35.9 Å². The zero-order chi connectivity index (χ0) is 17.3. The highest BCUT2D eigenvalue weighted by Crippen LogP contribution is 2.08. The van der Waals surface area contributed by atoms with Crippen molar-refractivity contribution in [2.75, 3.05) is 6.61 Å². The lowest BCUT2D eigenvalue weighted by molar-refractivity contribution is -0.146. The van der Waals surface area contributed by atoms with Gasteiger partial charge in [0.15, 0.2) is 0 Å². The van der Waals surface area contributed by atoms with E-state index in [0.717, 1.165) is 5.56 Å². The number of benzene rings is 1. The monoisotopic (exact) mass is 322 g/mol. The number of amides is 1. The summed E-state index contributed by atoms with van der Waals surface area (Å²) in [7, 11) is 0. The first-order valence-electron chi connectivity index (χ1n) is 7.77. The maximum absolute atomic E-state index is 12.0. The maximum Gasteiger partial charge on any atom is 0.422 e. The van der Waals surface area contributed by atoms with Crippen LogP contribution in [0.3, 0.4) is 0 Å². The number of carbonyl (C=O) groups excluding carboxylic acids is 2. The van der Waals surface area contributed by atoms with Crippen LogP contribution in [0.5, 0.6) is 0 Å². The molecule has 1 atom stereocenters. The Morgan fingerprint density at radius 2 is 1.83 bits per heavy atom. The molecule has 128 valence electrons. The minimum absolute atomic E-state index is 0.286. The minimum Gasteiger partial charge on any atom is -0.465 e. The van der Waals surface area contributed by atoms with Gasteiger partial charge in [-0.15, -0.1) is 0 Å². The van der Waals surface area contributed by atoms with Crippen molar-refractivity contribution in [2.24, 2.45) is 0 Å². The number of ether oxygens (including phenoxy) is 2. The van der Waals surface area contributed by atoms with E-state index in [1.54, 1.807) is 27.7 Å². The van der Waals surface area contributed by atoms with E-state index < -0.39 is 23.7 Å². The second-order valence-corrected chi connectivity index (χ2v) is 6.10. The SMILES string of the molecule is CCOC(=O)C(CCc1ccccc1)NNC(=O)OC(C)(C)C. The van der Waals surface area contributed by atoms with Crippen molar-refractivity contribution in [1.29, 1.82) is 0 Å². The Balaban J connectivity index is 2.55. The molecular formula is C17H26N2O4. The van der Waals surface area contributed by atoms with Crippen molar-refractivity contribution < 1.29 is 19.1 Å². The molecule has 0 bridgehead atoms. The molecule has 1 aromatic rings. The molecule has 1 amide bonds. The van der Waals surface area contributed by atoms with E-state index in [-0.39, 0.29) is 6.61 Å². The normalized spacial score (nSPS) is 12.3. The number of rotatable bonds is 7. The number of nitrogens with one attached hydrogen (secondary N) is 2. The fourth-order valence-electron chi connectivity index (χ4n) is 1.90. The summed E-state index contributed by atoms with van der Waals surface area (Å²) in [5.41, 5.74) is 5.61. The van der Waals surface area contributed by atoms with Gasteiger partial charge in [-0.25, -0.2) is 10.2 Å². The molecule has 0 saturated carbocycles. The summed E-state index contributed by atoms with van der Waals surface area (Å²) in [5, 5.41) is 0. The third-order valence-electron chi connectivity index (χ3n) is 2.88. The van der Waals surface area contributed by atoms with E-state index >= 15 is 0 Å². The lowest BCUT2D eigenvalue weighted by atomic mass is 10.1. The zero-order valence-electron chi connectivity index (χ0n) is 14.2. The highest BCUT2D eigenvalue weighted by molar-refractivity contribution is 5.76. The number of hydrogen-bond donors (Lipinski definition) is 2. The molecule has 0 aliphatic rings. The average Bonchev–Trinajstić information content (AvgIpc) is 2.46. The molecule has 6 heteroatoms. The molecule has 1 rings (SSSR count). The number of esters is 1. The van der Waals surface area contributed by atoms with E-state index in [1.807, 2.05) is 30.3 Å². The van der Waals surface area contributed by atoms with Crippen LogP contribution in [0.25, 0.3) is 0 Å². The Morgan fingerprint density at radius 1 is 1.17 bits per heavy atom. The molecule has 2 N–H and O–H groups in total. The van der Waals surface area contributed by atoms with Gasteiger partial charge in [0.2, 0.25) is 0 Å². The van der Waals surface area contributed by atoms with Gasteiger partial charge in [0.1, 0.15) is 11.6 Å². The second-order valence-electron chi connectivity index (χ2n) is 6.10. The average molecular weight is 322 g/mol. The van der Waals surface area contributed by atoms with Crippen molar-refractivity contribution >= 4 is 12.1 Å². The maximum atomic E-state index is 12.0. The topological polar surface area (TPSA) is 76.7 Å². The quantitative estimate of drug-likeness (QED) is 0.596. The first-order chi connectivity index (χ1) is 10.8. The van der Waals surface area contributed by atoms with E-state index in [0.29, 0.717) is 12.8 Å². The Hall–Kier alpha value is -2.08. The van der Waals surface area contributed by atoms with Gasteiger partial charge in [0, 0.05) is 0 Å². The predicted octanol–water partition coefficient (Wildman–Crippen LogP) is 2.58. The van der Waals surface area contributed by atoms with E-state index in [4.69, 9.17) is 9.47 Å². The molecular weight excluding hydrogens is 296 g/mol. The first-order valence-corrected chi connectivity index (χ1v) is 7.77. The molecule has 0 saturated heterocycles. The number of carbonyl (C=O) groups is 2. The molecule has 0 fully saturated rings. The van der Waals surface area contributed by atoms with Crippen LogP contribution in [-0.4, -0.2) is 30.3 Å². The standard InChI is InChI=1S/C17H26N2O4/c1-5-22-15(20)14(12-11-13-9-7-6-8-10-13)18-19-16(21)23-17(2,3)4/h6-10,14,18H,5,11-12H2,1-4H3,(H,19,21). The van der Waals surface area contributed by atoms with Crippen LogP contribution in [0.4, 0.5) is 4.79 Å². The summed E-state index contributed by atoms with van der Waals surface area (Å²) in [6, 6.07) is 9.17. The highest BCUT2D eigenvalue weighted by Gasteiger charge is 2.22. The highest BCUT2D eigenvalue weighted by atomic mass is 16.6. The summed E-state index contributed by atoms with van der Waals surface area (Å²) in [6.45, 7) is 7.34. The summed E-state index contributed by atoms with van der Waals surface area (Å²) in [4.78, 5) is 23.7. The smallest absolute Gasteiger partial charge is 0.422 e. The Labute approximate surface area is 137 Å². The van der Waals surface area contributed by atoms with Crippen molar-refractivity contribution in [3.8, 4) is 0 Å². The van der Waals surface area contributed by atoms with Crippen LogP contribution in [0.2, 0.25) is 0 Å². The molecule has 1 unspecified atom stereocenters. The van der Waals surface area contributed by atoms with Crippen LogP contribution in [-0.2, 0) is 20.7 Å². The molecule has 0 aliphatic heterocycles. The predicted molar refractivity (Wildman–Crippen MR) is 87.7 cm³/mol. The molecule has 0 radical (unpaired) electrons. The van der Waals surface area contributed by atoms with Crippen molar-refractivity contribution in [3.63, 3.8) is 0 Å². The van der Waals surface area contributed by atoms with Gasteiger partial charge >= 0.3 is 12.1 Å². The molecule has 6 nitrogen and oxygen atoms in total. The summed E-state index contributed by atoms with van der Waals surface area (Å²) >= 11 is 0. The largest absolute Gasteiger partial charge is 0.465 e. The fourth-order valence-corrected chi connectivity index (χ4v) is 1.90. The summed E-state index contributed by atoms with van der Waals surface area (Å²) in [5.74, 6) is -0.403. The van der Waals surface area contributed by atoms with Gasteiger partial charge in [0.05, 0.1) is 6.61 Å². The Morgan fingerprint density at radius 3 is 2.39 bits per heavy atom. The lowest BCUT2D eigenvalue weighted by Gasteiger charge is -2.22. The minimum atomic E-state index is -0.636. The molecule has 0 aliphatic carbocycles. The zero-order valence-corrected chi connectivity index (χ0v) is 14.2. The van der Waals surface area contributed by atoms with Crippen molar-refractivity contribution in [1.82, 2.24) is 10.9 Å². The van der Waals surface area contributed by atoms with Gasteiger partial charge in [-0.1, -0.05) is 30.3 Å². The molecule has 1 aromatic carbocycles. The van der Waals surface area contributed by atoms with Gasteiger partial charge in [-0.05, 0) is 46.1 Å². The molecule has 0 aromatic heterocycles.